The molecular weight excluding hydrogens is 330 g/mol. The fraction of sp³-hybridized carbons (Fsp3) is 0.312. The molecule has 3 rings (SSSR count). The Morgan fingerprint density at radius 3 is 2.71 bits per heavy atom. The topological polar surface area (TPSA) is 104 Å². The zero-order valence-electron chi connectivity index (χ0n) is 13.1. The molecule has 0 aliphatic carbocycles. The third-order valence-corrected chi connectivity index (χ3v) is 3.90. The first kappa shape index (κ1) is 18.0. The molecule has 4 N–H and O–H groups in total. The molecule has 0 saturated heterocycles. The lowest BCUT2D eigenvalue weighted by molar-refractivity contribution is -0.117. The number of nitrogens with zero attached hydrogens (tertiary/aromatic N) is 2. The van der Waals surface area contributed by atoms with E-state index < -0.39 is 5.91 Å². The molecule has 0 saturated carbocycles. The Balaban J connectivity index is 0.00000208. The molecule has 2 heterocycles. The maximum absolute atomic E-state index is 13.0. The monoisotopic (exact) mass is 349 g/mol. The SMILES string of the molecule is Cl.NC(=O)CCN(C(=O)c1n[nH]c2c1CNCC2)c1ccccc1. The summed E-state index contributed by atoms with van der Waals surface area (Å²) in [6.45, 7) is 1.71. The summed E-state index contributed by atoms with van der Waals surface area (Å²) >= 11 is 0. The second kappa shape index (κ2) is 7.94. The highest BCUT2D eigenvalue weighted by atomic mass is 35.5. The highest BCUT2D eigenvalue weighted by molar-refractivity contribution is 6.06. The number of aromatic amines is 1. The van der Waals surface area contributed by atoms with Crippen LogP contribution in [0.3, 0.4) is 0 Å². The smallest absolute Gasteiger partial charge is 0.279 e. The van der Waals surface area contributed by atoms with E-state index in [1.54, 1.807) is 4.90 Å². The molecular formula is C16H20ClN5O2. The number of carbonyl (C=O) groups excluding carboxylic acids is 2. The normalized spacial score (nSPS) is 12.8. The van der Waals surface area contributed by atoms with Crippen molar-refractivity contribution in [1.82, 2.24) is 15.5 Å². The van der Waals surface area contributed by atoms with Crippen LogP contribution in [0.1, 0.15) is 28.2 Å². The summed E-state index contributed by atoms with van der Waals surface area (Å²) in [4.78, 5) is 25.6. The van der Waals surface area contributed by atoms with Crippen molar-refractivity contribution < 1.29 is 9.59 Å². The van der Waals surface area contributed by atoms with Crippen molar-refractivity contribution in [3.63, 3.8) is 0 Å². The summed E-state index contributed by atoms with van der Waals surface area (Å²) in [5.74, 6) is -0.664. The number of carbonyl (C=O) groups is 2. The van der Waals surface area contributed by atoms with Gasteiger partial charge in [-0.1, -0.05) is 18.2 Å². The van der Waals surface area contributed by atoms with Crippen molar-refractivity contribution in [3.05, 3.63) is 47.3 Å². The van der Waals surface area contributed by atoms with Crippen molar-refractivity contribution in [2.75, 3.05) is 18.0 Å². The van der Waals surface area contributed by atoms with Crippen LogP contribution in [-0.2, 0) is 17.8 Å². The van der Waals surface area contributed by atoms with Gasteiger partial charge >= 0.3 is 0 Å². The van der Waals surface area contributed by atoms with Gasteiger partial charge in [0.2, 0.25) is 5.91 Å². The van der Waals surface area contributed by atoms with E-state index in [0.717, 1.165) is 29.9 Å². The van der Waals surface area contributed by atoms with Crippen LogP contribution in [0.5, 0.6) is 0 Å². The van der Waals surface area contributed by atoms with Crippen LogP contribution in [0, 0.1) is 0 Å². The zero-order chi connectivity index (χ0) is 16.2. The Bertz CT molecular complexity index is 717. The minimum atomic E-state index is -0.440. The molecule has 1 aromatic carbocycles. The van der Waals surface area contributed by atoms with Crippen LogP contribution >= 0.6 is 12.4 Å². The summed E-state index contributed by atoms with van der Waals surface area (Å²) < 4.78 is 0. The van der Waals surface area contributed by atoms with Gasteiger partial charge in [0.05, 0.1) is 0 Å². The number of rotatable bonds is 5. The summed E-state index contributed by atoms with van der Waals surface area (Å²) in [5.41, 5.74) is 8.26. The molecule has 1 aliphatic heterocycles. The Labute approximate surface area is 146 Å². The van der Waals surface area contributed by atoms with Crippen molar-refractivity contribution >= 4 is 29.9 Å². The molecule has 8 heteroatoms. The van der Waals surface area contributed by atoms with Crippen LogP contribution in [0.2, 0.25) is 0 Å². The Morgan fingerprint density at radius 1 is 1.25 bits per heavy atom. The van der Waals surface area contributed by atoms with Crippen molar-refractivity contribution in [2.24, 2.45) is 5.73 Å². The van der Waals surface area contributed by atoms with Gasteiger partial charge in [-0.15, -0.1) is 12.4 Å². The maximum atomic E-state index is 13.0. The quantitative estimate of drug-likeness (QED) is 0.749. The van der Waals surface area contributed by atoms with Gasteiger partial charge in [0.15, 0.2) is 5.69 Å². The Hall–Kier alpha value is -2.38. The molecule has 2 aromatic rings. The number of halogens is 1. The fourth-order valence-corrected chi connectivity index (χ4v) is 2.71. The Kier molecular flexibility index (Phi) is 5.94. The molecule has 1 aliphatic rings. The summed E-state index contributed by atoms with van der Waals surface area (Å²) in [6, 6.07) is 9.23. The minimum absolute atomic E-state index is 0. The molecule has 128 valence electrons. The van der Waals surface area contributed by atoms with Gasteiger partial charge in [-0.25, -0.2) is 0 Å². The number of H-pyrrole nitrogens is 1. The van der Waals surface area contributed by atoms with Crippen LogP contribution < -0.4 is 16.0 Å². The molecule has 24 heavy (non-hydrogen) atoms. The number of para-hydroxylation sites is 1. The highest BCUT2D eigenvalue weighted by Gasteiger charge is 2.26. The summed E-state index contributed by atoms with van der Waals surface area (Å²) in [7, 11) is 0. The maximum Gasteiger partial charge on any atom is 0.279 e. The second-order valence-electron chi connectivity index (χ2n) is 5.46. The van der Waals surface area contributed by atoms with E-state index in [4.69, 9.17) is 5.73 Å². The van der Waals surface area contributed by atoms with Gasteiger partial charge in [0.25, 0.3) is 5.91 Å². The van der Waals surface area contributed by atoms with E-state index in [1.807, 2.05) is 30.3 Å². The van der Waals surface area contributed by atoms with Crippen molar-refractivity contribution in [2.45, 2.75) is 19.4 Å². The van der Waals surface area contributed by atoms with E-state index in [1.165, 1.54) is 0 Å². The number of aromatic nitrogens is 2. The lowest BCUT2D eigenvalue weighted by Crippen LogP contribution is -2.35. The first-order valence-electron chi connectivity index (χ1n) is 7.59. The van der Waals surface area contributed by atoms with Gasteiger partial charge in [0, 0.05) is 49.4 Å². The molecule has 0 bridgehead atoms. The molecule has 7 nitrogen and oxygen atoms in total. The van der Waals surface area contributed by atoms with Gasteiger partial charge in [-0.3, -0.25) is 14.7 Å². The van der Waals surface area contributed by atoms with Crippen LogP contribution in [0.25, 0.3) is 0 Å². The average molecular weight is 350 g/mol. The first-order chi connectivity index (χ1) is 11.2. The number of nitrogens with two attached hydrogens (primary N) is 1. The molecule has 1 aromatic heterocycles. The van der Waals surface area contributed by atoms with E-state index >= 15 is 0 Å². The third kappa shape index (κ3) is 3.74. The van der Waals surface area contributed by atoms with Crippen LogP contribution in [-0.4, -0.2) is 35.1 Å². The fourth-order valence-electron chi connectivity index (χ4n) is 2.71. The predicted octanol–water partition coefficient (Wildman–Crippen LogP) is 0.999. The molecule has 0 spiro atoms. The molecule has 0 radical (unpaired) electrons. The van der Waals surface area contributed by atoms with Crippen molar-refractivity contribution in [1.29, 1.82) is 0 Å². The largest absolute Gasteiger partial charge is 0.370 e. The van der Waals surface area contributed by atoms with E-state index in [-0.39, 0.29) is 31.3 Å². The van der Waals surface area contributed by atoms with E-state index in [0.29, 0.717) is 12.2 Å². The molecule has 2 amide bonds. The Morgan fingerprint density at radius 2 is 2.00 bits per heavy atom. The summed E-state index contributed by atoms with van der Waals surface area (Å²) in [6.07, 6.45) is 0.924. The number of hydrogen-bond acceptors (Lipinski definition) is 4. The number of fused-ring (bicyclic) bond motifs is 1. The van der Waals surface area contributed by atoms with Gasteiger partial charge in [0.1, 0.15) is 0 Å². The zero-order valence-corrected chi connectivity index (χ0v) is 13.9. The van der Waals surface area contributed by atoms with Crippen LogP contribution in [0.4, 0.5) is 5.69 Å². The lowest BCUT2D eigenvalue weighted by atomic mass is 10.1. The van der Waals surface area contributed by atoms with Gasteiger partial charge in [-0.2, -0.15) is 5.10 Å². The standard InChI is InChI=1S/C16H19N5O2.ClH/c17-14(22)7-9-21(11-4-2-1-3-5-11)16(23)15-12-10-18-8-6-13(12)19-20-15;/h1-5,18H,6-10H2,(H2,17,22)(H,19,20);1H. The highest BCUT2D eigenvalue weighted by Crippen LogP contribution is 2.21. The lowest BCUT2D eigenvalue weighted by Gasteiger charge is -2.22. The number of primary amides is 1. The third-order valence-electron chi connectivity index (χ3n) is 3.90. The molecule has 0 atom stereocenters. The van der Waals surface area contributed by atoms with E-state index in [9.17, 15) is 9.59 Å². The van der Waals surface area contributed by atoms with Crippen LogP contribution in [0.15, 0.2) is 30.3 Å². The van der Waals surface area contributed by atoms with Crippen molar-refractivity contribution in [3.8, 4) is 0 Å². The van der Waals surface area contributed by atoms with Gasteiger partial charge < -0.3 is 16.0 Å². The number of hydrogen-bond donors (Lipinski definition) is 3. The number of anilines is 1. The second-order valence-corrected chi connectivity index (χ2v) is 5.46. The predicted molar refractivity (Wildman–Crippen MR) is 93.2 cm³/mol. The number of nitrogens with one attached hydrogen (secondary N) is 2. The number of amides is 2. The average Bonchev–Trinajstić information content (AvgIpc) is 2.99. The van der Waals surface area contributed by atoms with Gasteiger partial charge in [-0.05, 0) is 12.1 Å². The van der Waals surface area contributed by atoms with E-state index in [2.05, 4.69) is 15.5 Å². The number of benzene rings is 1. The minimum Gasteiger partial charge on any atom is -0.370 e. The molecule has 0 unspecified atom stereocenters. The summed E-state index contributed by atoms with van der Waals surface area (Å²) in [5, 5.41) is 10.4. The molecule has 0 fully saturated rings. The first-order valence-corrected chi connectivity index (χ1v) is 7.59.